The van der Waals surface area contributed by atoms with Crippen LogP contribution in [0.3, 0.4) is 0 Å². The monoisotopic (exact) mass is 569 g/mol. The van der Waals surface area contributed by atoms with Crippen LogP contribution in [0.5, 0.6) is 0 Å². The number of nitrogens with zero attached hydrogens (tertiary/aromatic N) is 1. The van der Waals surface area contributed by atoms with Crippen LogP contribution in [0.4, 0.5) is 5.69 Å². The first kappa shape index (κ1) is 38.8. The summed E-state index contributed by atoms with van der Waals surface area (Å²) in [7, 11) is 0. The first-order valence-corrected chi connectivity index (χ1v) is 16.6. The quantitative estimate of drug-likeness (QED) is 0.147. The molecule has 4 heteroatoms. The van der Waals surface area contributed by atoms with Gasteiger partial charge in [-0.15, -0.1) is 0 Å². The molecule has 1 aliphatic heterocycles. The number of carbonyl (C=O) groups is 3. The van der Waals surface area contributed by atoms with Crippen molar-refractivity contribution in [2.24, 2.45) is 23.7 Å². The number of allylic oxidation sites excluding steroid dienone is 1. The van der Waals surface area contributed by atoms with Crippen molar-refractivity contribution >= 4 is 29.1 Å². The Morgan fingerprint density at radius 1 is 0.976 bits per heavy atom. The van der Waals surface area contributed by atoms with E-state index < -0.39 is 0 Å². The highest BCUT2D eigenvalue weighted by atomic mass is 16.1. The van der Waals surface area contributed by atoms with E-state index >= 15 is 0 Å². The van der Waals surface area contributed by atoms with Gasteiger partial charge >= 0.3 is 0 Å². The normalized spacial score (nSPS) is 14.7. The molecule has 0 amide bonds. The van der Waals surface area contributed by atoms with E-state index in [1.165, 1.54) is 57.1 Å². The average molecular weight is 570 g/mol. The summed E-state index contributed by atoms with van der Waals surface area (Å²) in [5.74, 6) is 2.60. The highest BCUT2D eigenvalue weighted by Gasteiger charge is 2.26. The second kappa shape index (κ2) is 22.4. The Bertz CT molecular complexity index is 895. The zero-order chi connectivity index (χ0) is 31.4. The van der Waals surface area contributed by atoms with Gasteiger partial charge < -0.3 is 4.90 Å². The van der Waals surface area contributed by atoms with Crippen molar-refractivity contribution in [1.29, 1.82) is 0 Å². The minimum Gasteiger partial charge on any atom is -0.371 e. The van der Waals surface area contributed by atoms with Crippen molar-refractivity contribution in [3.8, 4) is 0 Å². The van der Waals surface area contributed by atoms with Crippen LogP contribution in [-0.4, -0.2) is 30.9 Å². The van der Waals surface area contributed by atoms with Crippen molar-refractivity contribution in [2.45, 2.75) is 133 Å². The summed E-state index contributed by atoms with van der Waals surface area (Å²) in [4.78, 5) is 35.7. The van der Waals surface area contributed by atoms with E-state index in [1.54, 1.807) is 6.92 Å². The van der Waals surface area contributed by atoms with Gasteiger partial charge in [-0.2, -0.15) is 0 Å². The standard InChI is InChI=1S/C26H41NO.C9H16O2.C2H6/c1-6-8-9-11-22(10-7-2)23-14-16-27(17-15-23)25-12-13-26(21(5)20(3)4)24(18-25)19-28;1-4-9(11)6-5-7(2)8(3)10;1-2/h12-13,18-20,22-23H,5-11,14-17H2,1-4H3;7H,4-6H2,1-3H3;1-2H3. The van der Waals surface area contributed by atoms with Crippen molar-refractivity contribution in [3.05, 3.63) is 35.9 Å². The molecule has 0 spiro atoms. The third-order valence-corrected chi connectivity index (χ3v) is 8.56. The molecule has 0 N–H and O–H groups in total. The van der Waals surface area contributed by atoms with Crippen LogP contribution in [0.1, 0.15) is 149 Å². The molecule has 2 atom stereocenters. The third kappa shape index (κ3) is 14.5. The van der Waals surface area contributed by atoms with Gasteiger partial charge in [0.25, 0.3) is 0 Å². The second-order valence-corrected chi connectivity index (χ2v) is 11.9. The number of hydrogen-bond donors (Lipinski definition) is 0. The van der Waals surface area contributed by atoms with Crippen molar-refractivity contribution in [3.63, 3.8) is 0 Å². The first-order chi connectivity index (χ1) is 19.6. The van der Waals surface area contributed by atoms with E-state index in [4.69, 9.17) is 0 Å². The van der Waals surface area contributed by atoms with E-state index in [2.05, 4.69) is 57.4 Å². The topological polar surface area (TPSA) is 54.5 Å². The fraction of sp³-hybridized carbons (Fsp3) is 0.703. The molecule has 2 rings (SSSR count). The molecule has 1 saturated heterocycles. The summed E-state index contributed by atoms with van der Waals surface area (Å²) in [5.41, 5.74) is 4.02. The lowest BCUT2D eigenvalue weighted by Gasteiger charge is -2.37. The maximum absolute atomic E-state index is 11.7. The second-order valence-electron chi connectivity index (χ2n) is 11.9. The van der Waals surface area contributed by atoms with E-state index in [9.17, 15) is 14.4 Å². The van der Waals surface area contributed by atoms with E-state index in [0.29, 0.717) is 25.2 Å². The van der Waals surface area contributed by atoms with Gasteiger partial charge in [0.05, 0.1) is 0 Å². The molecular formula is C37H63NO3. The first-order valence-electron chi connectivity index (χ1n) is 16.6. The third-order valence-electron chi connectivity index (χ3n) is 8.56. The number of hydrogen-bond acceptors (Lipinski definition) is 4. The number of benzene rings is 1. The fourth-order valence-electron chi connectivity index (χ4n) is 5.48. The molecule has 0 radical (unpaired) electrons. The molecule has 1 aromatic rings. The summed E-state index contributed by atoms with van der Waals surface area (Å²) < 4.78 is 0. The van der Waals surface area contributed by atoms with E-state index in [1.807, 2.05) is 27.7 Å². The van der Waals surface area contributed by atoms with Gasteiger partial charge in [0.15, 0.2) is 6.29 Å². The highest BCUT2D eigenvalue weighted by Crippen LogP contribution is 2.35. The molecule has 0 bridgehead atoms. The SMILES string of the molecule is C=C(c1ccc(N2CCC(C(CCC)CCCCC)CC2)cc1C=O)C(C)C.CC.CCC(=O)CCC(C)C(C)=O. The minimum atomic E-state index is 0.0468. The average Bonchev–Trinajstić information content (AvgIpc) is 2.99. The smallest absolute Gasteiger partial charge is 0.150 e. The number of carbonyl (C=O) groups excluding carboxylic acids is 3. The molecule has 41 heavy (non-hydrogen) atoms. The van der Waals surface area contributed by atoms with Crippen LogP contribution < -0.4 is 4.90 Å². The fourth-order valence-corrected chi connectivity index (χ4v) is 5.48. The van der Waals surface area contributed by atoms with Crippen molar-refractivity contribution in [2.75, 3.05) is 18.0 Å². The maximum atomic E-state index is 11.7. The predicted molar refractivity (Wildman–Crippen MR) is 179 cm³/mol. The van der Waals surface area contributed by atoms with Gasteiger partial charge in [-0.3, -0.25) is 14.4 Å². The molecule has 234 valence electrons. The van der Waals surface area contributed by atoms with E-state index in [0.717, 1.165) is 47.9 Å². The van der Waals surface area contributed by atoms with Gasteiger partial charge in [-0.1, -0.05) is 107 Å². The van der Waals surface area contributed by atoms with Gasteiger partial charge in [0.1, 0.15) is 11.6 Å². The Labute approximate surface area is 253 Å². The van der Waals surface area contributed by atoms with Crippen molar-refractivity contribution < 1.29 is 14.4 Å². The molecule has 1 aromatic carbocycles. The van der Waals surface area contributed by atoms with Gasteiger partial charge in [-0.25, -0.2) is 0 Å². The lowest BCUT2D eigenvalue weighted by molar-refractivity contribution is -0.121. The Morgan fingerprint density at radius 3 is 2.10 bits per heavy atom. The molecule has 0 aromatic heterocycles. The molecule has 4 nitrogen and oxygen atoms in total. The largest absolute Gasteiger partial charge is 0.371 e. The van der Waals surface area contributed by atoms with Crippen LogP contribution in [0.2, 0.25) is 0 Å². The van der Waals surface area contributed by atoms with Crippen LogP contribution in [-0.2, 0) is 9.59 Å². The zero-order valence-corrected chi connectivity index (χ0v) is 28.2. The summed E-state index contributed by atoms with van der Waals surface area (Å²) in [6, 6.07) is 6.35. The Balaban J connectivity index is 0.00000104. The van der Waals surface area contributed by atoms with Gasteiger partial charge in [-0.05, 0) is 67.2 Å². The number of ketones is 2. The predicted octanol–water partition coefficient (Wildman–Crippen LogP) is 10.4. The Kier molecular flexibility index (Phi) is 21.2. The summed E-state index contributed by atoms with van der Waals surface area (Å²) in [6.45, 7) is 24.6. The number of aldehydes is 1. The van der Waals surface area contributed by atoms with Crippen LogP contribution in [0.25, 0.3) is 5.57 Å². The number of rotatable bonds is 16. The van der Waals surface area contributed by atoms with Gasteiger partial charge in [0.2, 0.25) is 0 Å². The van der Waals surface area contributed by atoms with Crippen LogP contribution in [0.15, 0.2) is 24.8 Å². The zero-order valence-electron chi connectivity index (χ0n) is 28.2. The summed E-state index contributed by atoms with van der Waals surface area (Å²) in [6.07, 6.45) is 13.6. The molecular weight excluding hydrogens is 506 g/mol. The molecule has 1 heterocycles. The molecule has 2 unspecified atom stereocenters. The lowest BCUT2D eigenvalue weighted by Crippen LogP contribution is -2.36. The number of anilines is 1. The lowest BCUT2D eigenvalue weighted by atomic mass is 9.79. The molecule has 1 fully saturated rings. The summed E-state index contributed by atoms with van der Waals surface area (Å²) in [5, 5.41) is 0. The molecule has 0 saturated carbocycles. The highest BCUT2D eigenvalue weighted by molar-refractivity contribution is 5.87. The van der Waals surface area contributed by atoms with Crippen LogP contribution >= 0.6 is 0 Å². The maximum Gasteiger partial charge on any atom is 0.150 e. The number of Topliss-reactive ketones (excluding diaryl/α,β-unsaturated/α-hetero) is 2. The van der Waals surface area contributed by atoms with Crippen molar-refractivity contribution in [1.82, 2.24) is 0 Å². The summed E-state index contributed by atoms with van der Waals surface area (Å²) >= 11 is 0. The molecule has 0 aliphatic carbocycles. The minimum absolute atomic E-state index is 0.0468. The number of piperidine rings is 1. The van der Waals surface area contributed by atoms with Gasteiger partial charge in [0, 0.05) is 43.1 Å². The van der Waals surface area contributed by atoms with Crippen LogP contribution in [0, 0.1) is 23.7 Å². The Morgan fingerprint density at radius 2 is 1.61 bits per heavy atom. The molecule has 1 aliphatic rings. The van der Waals surface area contributed by atoms with E-state index in [-0.39, 0.29) is 17.5 Å². The Hall–Kier alpha value is -2.23. The number of unbranched alkanes of at least 4 members (excludes halogenated alkanes) is 2.